The molecule has 0 aliphatic heterocycles. The first-order valence-electron chi connectivity index (χ1n) is 9.28. The second kappa shape index (κ2) is 7.73. The van der Waals surface area contributed by atoms with E-state index in [1.807, 2.05) is 30.3 Å². The van der Waals surface area contributed by atoms with Crippen LogP contribution in [0.1, 0.15) is 20.8 Å². The van der Waals surface area contributed by atoms with Gasteiger partial charge < -0.3 is 9.16 Å². The molecule has 3 aromatic carbocycles. The maximum atomic E-state index is 6.67. The zero-order valence-electron chi connectivity index (χ0n) is 17.2. The lowest BCUT2D eigenvalue weighted by atomic mass is 10.0. The Morgan fingerprint density at radius 2 is 1.57 bits per heavy atom. The molecule has 5 heteroatoms. The van der Waals surface area contributed by atoms with Crippen molar-refractivity contribution >= 4 is 46.6 Å². The van der Waals surface area contributed by atoms with E-state index in [2.05, 4.69) is 68.0 Å². The van der Waals surface area contributed by atoms with Gasteiger partial charge in [0.15, 0.2) is 0 Å². The lowest BCUT2D eigenvalue weighted by Crippen LogP contribution is -2.43. The van der Waals surface area contributed by atoms with Gasteiger partial charge in [-0.15, -0.1) is 0 Å². The highest BCUT2D eigenvalue weighted by Crippen LogP contribution is 2.42. The summed E-state index contributed by atoms with van der Waals surface area (Å²) < 4.78 is 12.7. The fraction of sp³-hybridized carbons (Fsp3) is 0.304. The summed E-state index contributed by atoms with van der Waals surface area (Å²) in [5.74, 6) is 1.70. The minimum atomic E-state index is -1.94. The molecule has 0 N–H and O–H groups in total. The van der Waals surface area contributed by atoms with Crippen LogP contribution in [0.4, 0.5) is 0 Å². The van der Waals surface area contributed by atoms with Crippen LogP contribution in [0.3, 0.4) is 0 Å². The van der Waals surface area contributed by atoms with E-state index in [0.717, 1.165) is 42.9 Å². The molecule has 148 valence electrons. The number of hydrogen-bond donors (Lipinski definition) is 0. The van der Waals surface area contributed by atoms with Gasteiger partial charge in [0.1, 0.15) is 11.5 Å². The van der Waals surface area contributed by atoms with E-state index < -0.39 is 8.32 Å². The molecule has 0 fully saturated rings. The molecular formula is C23H26BrClO2Si. The van der Waals surface area contributed by atoms with E-state index in [4.69, 9.17) is 20.8 Å². The molecule has 0 aliphatic rings. The summed E-state index contributed by atoms with van der Waals surface area (Å²) in [5, 5.41) is 2.92. The molecule has 0 saturated heterocycles. The van der Waals surface area contributed by atoms with E-state index in [-0.39, 0.29) is 5.04 Å². The molecule has 0 heterocycles. The molecule has 0 aromatic heterocycles. The smallest absolute Gasteiger partial charge is 0.250 e. The Morgan fingerprint density at radius 1 is 0.929 bits per heavy atom. The van der Waals surface area contributed by atoms with E-state index in [1.165, 1.54) is 0 Å². The third kappa shape index (κ3) is 4.24. The number of rotatable bonds is 4. The lowest BCUT2D eigenvalue weighted by molar-refractivity contribution is 0.415. The number of hydrogen-bond acceptors (Lipinski definition) is 2. The van der Waals surface area contributed by atoms with Crippen LogP contribution in [0, 0.1) is 0 Å². The molecule has 0 radical (unpaired) electrons. The van der Waals surface area contributed by atoms with Crippen molar-refractivity contribution in [2.45, 2.75) is 38.9 Å². The van der Waals surface area contributed by atoms with E-state index >= 15 is 0 Å². The topological polar surface area (TPSA) is 18.5 Å². The Kier molecular flexibility index (Phi) is 5.86. The number of benzene rings is 3. The molecule has 3 rings (SSSR count). The van der Waals surface area contributed by atoms with Gasteiger partial charge in [0.2, 0.25) is 0 Å². The number of halogens is 2. The molecule has 0 atom stereocenters. The Hall–Kier alpha value is -1.49. The standard InChI is InChI=1S/C23H26BrClO2Si/c1-23(2,3)28(5,6)27-22-14-19-17(12-20(22)24)11-16(13-21(19)25)15-7-9-18(26-4)10-8-15/h7-14H,1-6H3. The summed E-state index contributed by atoms with van der Waals surface area (Å²) in [6, 6.07) is 16.3. The van der Waals surface area contributed by atoms with Gasteiger partial charge in [-0.2, -0.15) is 0 Å². The first-order valence-corrected chi connectivity index (χ1v) is 13.4. The van der Waals surface area contributed by atoms with Crippen molar-refractivity contribution in [2.75, 3.05) is 7.11 Å². The maximum absolute atomic E-state index is 6.67. The fourth-order valence-electron chi connectivity index (χ4n) is 2.77. The van der Waals surface area contributed by atoms with E-state index in [1.54, 1.807) is 7.11 Å². The molecule has 0 unspecified atom stereocenters. The first-order chi connectivity index (χ1) is 13.0. The van der Waals surface area contributed by atoms with Crippen molar-refractivity contribution in [3.8, 4) is 22.6 Å². The van der Waals surface area contributed by atoms with Crippen LogP contribution in [-0.2, 0) is 0 Å². The summed E-state index contributed by atoms with van der Waals surface area (Å²) in [5.41, 5.74) is 2.17. The van der Waals surface area contributed by atoms with E-state index in [9.17, 15) is 0 Å². The first kappa shape index (κ1) is 21.2. The number of ether oxygens (including phenoxy) is 1. The van der Waals surface area contributed by atoms with Crippen LogP contribution in [0.25, 0.3) is 21.9 Å². The van der Waals surface area contributed by atoms with Crippen LogP contribution < -0.4 is 9.16 Å². The zero-order valence-corrected chi connectivity index (χ0v) is 20.5. The third-order valence-electron chi connectivity index (χ3n) is 5.55. The van der Waals surface area contributed by atoms with Crippen molar-refractivity contribution in [1.82, 2.24) is 0 Å². The Balaban J connectivity index is 2.05. The predicted octanol–water partition coefficient (Wildman–Crippen LogP) is 8.32. The minimum Gasteiger partial charge on any atom is -0.543 e. The van der Waals surface area contributed by atoms with Gasteiger partial charge in [-0.05, 0) is 87.0 Å². The molecule has 0 aliphatic carbocycles. The largest absolute Gasteiger partial charge is 0.543 e. The average Bonchev–Trinajstić information content (AvgIpc) is 2.61. The quantitative estimate of drug-likeness (QED) is 0.352. The SMILES string of the molecule is COc1ccc(-c2cc(Cl)c3cc(O[Si](C)(C)C(C)(C)C)c(Br)cc3c2)cc1. The van der Waals surface area contributed by atoms with E-state index in [0.29, 0.717) is 0 Å². The highest BCUT2D eigenvalue weighted by Gasteiger charge is 2.39. The average molecular weight is 478 g/mol. The number of methoxy groups -OCH3 is 1. The summed E-state index contributed by atoms with van der Waals surface area (Å²) in [4.78, 5) is 0. The van der Waals surface area contributed by atoms with Crippen molar-refractivity contribution in [1.29, 1.82) is 0 Å². The normalized spacial score (nSPS) is 12.3. The predicted molar refractivity (Wildman–Crippen MR) is 126 cm³/mol. The van der Waals surface area contributed by atoms with Crippen molar-refractivity contribution in [3.05, 3.63) is 58.0 Å². The van der Waals surface area contributed by atoms with Crippen molar-refractivity contribution in [2.24, 2.45) is 0 Å². The summed E-state index contributed by atoms with van der Waals surface area (Å²) in [6.07, 6.45) is 0. The summed E-state index contributed by atoms with van der Waals surface area (Å²) in [6.45, 7) is 11.2. The summed E-state index contributed by atoms with van der Waals surface area (Å²) >= 11 is 10.4. The van der Waals surface area contributed by atoms with Crippen LogP contribution in [0.5, 0.6) is 11.5 Å². The molecule has 0 amide bonds. The van der Waals surface area contributed by atoms with Crippen LogP contribution in [-0.4, -0.2) is 15.4 Å². The molecule has 0 saturated carbocycles. The van der Waals surface area contributed by atoms with Crippen LogP contribution in [0.2, 0.25) is 23.2 Å². The van der Waals surface area contributed by atoms with Gasteiger partial charge in [-0.25, -0.2) is 0 Å². The molecule has 28 heavy (non-hydrogen) atoms. The molecule has 2 nitrogen and oxygen atoms in total. The maximum Gasteiger partial charge on any atom is 0.250 e. The molecule has 3 aromatic rings. The van der Waals surface area contributed by atoms with Crippen LogP contribution >= 0.6 is 27.5 Å². The Labute approximate surface area is 182 Å². The molecule has 0 bridgehead atoms. The Bertz CT molecular complexity index is 1010. The lowest BCUT2D eigenvalue weighted by Gasteiger charge is -2.36. The molecule has 0 spiro atoms. The molecular weight excluding hydrogens is 452 g/mol. The highest BCUT2D eigenvalue weighted by atomic mass is 79.9. The van der Waals surface area contributed by atoms with Crippen molar-refractivity contribution < 1.29 is 9.16 Å². The van der Waals surface area contributed by atoms with Gasteiger partial charge in [-0.1, -0.05) is 44.5 Å². The van der Waals surface area contributed by atoms with Gasteiger partial charge in [-0.3, -0.25) is 0 Å². The van der Waals surface area contributed by atoms with Gasteiger partial charge in [0.05, 0.1) is 11.6 Å². The minimum absolute atomic E-state index is 0.128. The summed E-state index contributed by atoms with van der Waals surface area (Å²) in [7, 11) is -0.270. The van der Waals surface area contributed by atoms with Gasteiger partial charge in [0, 0.05) is 10.4 Å². The van der Waals surface area contributed by atoms with Crippen molar-refractivity contribution in [3.63, 3.8) is 0 Å². The van der Waals surface area contributed by atoms with Crippen LogP contribution in [0.15, 0.2) is 53.0 Å². The number of fused-ring (bicyclic) bond motifs is 1. The monoisotopic (exact) mass is 476 g/mol. The van der Waals surface area contributed by atoms with Gasteiger partial charge in [0.25, 0.3) is 8.32 Å². The van der Waals surface area contributed by atoms with Gasteiger partial charge >= 0.3 is 0 Å². The second-order valence-corrected chi connectivity index (χ2v) is 14.5. The Morgan fingerprint density at radius 3 is 2.14 bits per heavy atom. The second-order valence-electron chi connectivity index (χ2n) is 8.55. The fourth-order valence-corrected chi connectivity index (χ4v) is 4.67. The zero-order chi connectivity index (χ0) is 20.7. The third-order valence-corrected chi connectivity index (χ3v) is 10.8. The highest BCUT2D eigenvalue weighted by molar-refractivity contribution is 9.10.